The van der Waals surface area contributed by atoms with Gasteiger partial charge in [0.25, 0.3) is 5.91 Å². The number of aromatic nitrogens is 1. The molecule has 2 heterocycles. The van der Waals surface area contributed by atoms with Crippen molar-refractivity contribution in [1.82, 2.24) is 14.8 Å². The molecule has 1 aliphatic heterocycles. The average molecular weight is 392 g/mol. The number of aryl methyl sites for hydroxylation is 1. The van der Waals surface area contributed by atoms with E-state index in [1.165, 1.54) is 16.9 Å². The third-order valence-electron chi connectivity index (χ3n) is 5.23. The first-order valence-electron chi connectivity index (χ1n) is 9.79. The molecule has 0 unspecified atom stereocenters. The number of nitrogens with zero attached hydrogens (tertiary/aromatic N) is 3. The lowest BCUT2D eigenvalue weighted by Gasteiger charge is -2.34. The first-order valence-corrected chi connectivity index (χ1v) is 10.6. The zero-order valence-electron chi connectivity index (χ0n) is 16.2. The number of carbonyl (C=O) groups excluding carboxylic acids is 1. The molecule has 0 spiro atoms. The van der Waals surface area contributed by atoms with Crippen LogP contribution in [-0.2, 0) is 6.42 Å². The van der Waals surface area contributed by atoms with Gasteiger partial charge in [0, 0.05) is 38.3 Å². The Balaban J connectivity index is 1.35. The van der Waals surface area contributed by atoms with Gasteiger partial charge < -0.3 is 4.90 Å². The van der Waals surface area contributed by atoms with Gasteiger partial charge in [0.1, 0.15) is 9.88 Å². The Labute approximate surface area is 170 Å². The molecule has 1 fully saturated rings. The van der Waals surface area contributed by atoms with E-state index >= 15 is 0 Å². The van der Waals surface area contributed by atoms with Gasteiger partial charge in [-0.3, -0.25) is 9.69 Å². The van der Waals surface area contributed by atoms with E-state index < -0.39 is 0 Å². The van der Waals surface area contributed by atoms with Crippen LogP contribution in [0.1, 0.15) is 20.9 Å². The van der Waals surface area contributed by atoms with Crippen molar-refractivity contribution in [2.24, 2.45) is 0 Å². The minimum absolute atomic E-state index is 0.125. The highest BCUT2D eigenvalue weighted by atomic mass is 32.1. The van der Waals surface area contributed by atoms with E-state index in [9.17, 15) is 4.79 Å². The molecule has 144 valence electrons. The predicted molar refractivity (Wildman–Crippen MR) is 115 cm³/mol. The number of piperazine rings is 1. The fraction of sp³-hybridized carbons (Fsp3) is 0.304. The van der Waals surface area contributed by atoms with Gasteiger partial charge in [-0.15, -0.1) is 11.3 Å². The van der Waals surface area contributed by atoms with Crippen molar-refractivity contribution in [3.05, 3.63) is 76.8 Å². The molecule has 0 aliphatic carbocycles. The van der Waals surface area contributed by atoms with Crippen LogP contribution in [-0.4, -0.2) is 53.4 Å². The van der Waals surface area contributed by atoms with Crippen LogP contribution in [0.25, 0.3) is 10.6 Å². The van der Waals surface area contributed by atoms with E-state index in [1.807, 2.05) is 42.2 Å². The molecule has 0 bridgehead atoms. The lowest BCUT2D eigenvalue weighted by atomic mass is 10.1. The topological polar surface area (TPSA) is 36.4 Å². The molecular formula is C23H25N3OS. The van der Waals surface area contributed by atoms with E-state index in [4.69, 9.17) is 0 Å². The van der Waals surface area contributed by atoms with Gasteiger partial charge >= 0.3 is 0 Å². The maximum Gasteiger partial charge on any atom is 0.265 e. The summed E-state index contributed by atoms with van der Waals surface area (Å²) in [5.74, 6) is 0.125. The van der Waals surface area contributed by atoms with Crippen molar-refractivity contribution < 1.29 is 4.79 Å². The fourth-order valence-corrected chi connectivity index (χ4v) is 4.59. The third kappa shape index (κ3) is 4.32. The number of hydrogen-bond donors (Lipinski definition) is 0. The summed E-state index contributed by atoms with van der Waals surface area (Å²) in [5, 5.41) is 0.919. The van der Waals surface area contributed by atoms with Crippen molar-refractivity contribution in [3.63, 3.8) is 0 Å². The van der Waals surface area contributed by atoms with Crippen LogP contribution in [0.2, 0.25) is 0 Å². The first kappa shape index (κ1) is 18.8. The smallest absolute Gasteiger partial charge is 0.265 e. The molecule has 2 aromatic carbocycles. The minimum atomic E-state index is 0.125. The van der Waals surface area contributed by atoms with Crippen LogP contribution in [0.4, 0.5) is 0 Å². The van der Waals surface area contributed by atoms with Crippen molar-refractivity contribution in [2.45, 2.75) is 13.3 Å². The summed E-state index contributed by atoms with van der Waals surface area (Å²) < 4.78 is 0. The van der Waals surface area contributed by atoms with Crippen molar-refractivity contribution in [1.29, 1.82) is 0 Å². The number of amides is 1. The molecule has 0 atom stereocenters. The average Bonchev–Trinajstić information content (AvgIpc) is 3.15. The summed E-state index contributed by atoms with van der Waals surface area (Å²) in [6.07, 6.45) is 1.06. The van der Waals surface area contributed by atoms with Gasteiger partial charge in [0.15, 0.2) is 0 Å². The minimum Gasteiger partial charge on any atom is -0.335 e. The second-order valence-electron chi connectivity index (χ2n) is 7.17. The summed E-state index contributed by atoms with van der Waals surface area (Å²) in [4.78, 5) is 22.9. The maximum atomic E-state index is 13.0. The van der Waals surface area contributed by atoms with Gasteiger partial charge in [0.05, 0.1) is 5.69 Å². The molecular weight excluding hydrogens is 366 g/mol. The van der Waals surface area contributed by atoms with E-state index in [-0.39, 0.29) is 5.91 Å². The molecule has 3 aromatic rings. The van der Waals surface area contributed by atoms with Gasteiger partial charge in [-0.05, 0) is 18.9 Å². The number of thiazole rings is 1. The van der Waals surface area contributed by atoms with Crippen LogP contribution in [0.5, 0.6) is 0 Å². The molecule has 0 saturated carbocycles. The largest absolute Gasteiger partial charge is 0.335 e. The molecule has 1 aromatic heterocycles. The van der Waals surface area contributed by atoms with Gasteiger partial charge in [-0.25, -0.2) is 4.98 Å². The molecule has 0 N–H and O–H groups in total. The van der Waals surface area contributed by atoms with Crippen molar-refractivity contribution in [3.8, 4) is 10.6 Å². The number of rotatable bonds is 5. The predicted octanol–water partition coefficient (Wildman–Crippen LogP) is 4.12. The Hall–Kier alpha value is -2.50. The third-order valence-corrected chi connectivity index (χ3v) is 6.43. The lowest BCUT2D eigenvalue weighted by Crippen LogP contribution is -2.49. The summed E-state index contributed by atoms with van der Waals surface area (Å²) in [6.45, 7) is 6.41. The van der Waals surface area contributed by atoms with Gasteiger partial charge in [-0.2, -0.15) is 0 Å². The molecule has 1 aliphatic rings. The highest BCUT2D eigenvalue weighted by molar-refractivity contribution is 7.17. The molecule has 0 radical (unpaired) electrons. The lowest BCUT2D eigenvalue weighted by molar-refractivity contribution is 0.0642. The van der Waals surface area contributed by atoms with Gasteiger partial charge in [-0.1, -0.05) is 60.7 Å². The summed E-state index contributed by atoms with van der Waals surface area (Å²) >= 11 is 1.51. The number of benzene rings is 2. The van der Waals surface area contributed by atoms with E-state index in [2.05, 4.69) is 40.2 Å². The molecule has 1 amide bonds. The maximum absolute atomic E-state index is 13.0. The summed E-state index contributed by atoms with van der Waals surface area (Å²) in [5.41, 5.74) is 3.27. The van der Waals surface area contributed by atoms with E-state index in [1.54, 1.807) is 0 Å². The molecule has 1 saturated heterocycles. The van der Waals surface area contributed by atoms with Crippen LogP contribution in [0, 0.1) is 6.92 Å². The SMILES string of the molecule is Cc1nc(-c2ccccc2)sc1C(=O)N1CCN(CCc2ccccc2)CC1. The zero-order chi connectivity index (χ0) is 19.3. The quantitative estimate of drug-likeness (QED) is 0.656. The first-order chi connectivity index (χ1) is 13.7. The van der Waals surface area contributed by atoms with Crippen LogP contribution < -0.4 is 0 Å². The molecule has 4 nitrogen and oxygen atoms in total. The second kappa shape index (κ2) is 8.67. The Morgan fingerprint density at radius 1 is 0.964 bits per heavy atom. The Kier molecular flexibility index (Phi) is 5.84. The highest BCUT2D eigenvalue weighted by Crippen LogP contribution is 2.28. The molecule has 5 heteroatoms. The van der Waals surface area contributed by atoms with Crippen molar-refractivity contribution in [2.75, 3.05) is 32.7 Å². The molecule has 4 rings (SSSR count). The van der Waals surface area contributed by atoms with Crippen LogP contribution >= 0.6 is 11.3 Å². The van der Waals surface area contributed by atoms with Crippen LogP contribution in [0.15, 0.2) is 60.7 Å². The number of carbonyl (C=O) groups is 1. The van der Waals surface area contributed by atoms with Crippen molar-refractivity contribution >= 4 is 17.2 Å². The summed E-state index contributed by atoms with van der Waals surface area (Å²) in [6, 6.07) is 20.7. The monoisotopic (exact) mass is 391 g/mol. The Morgan fingerprint density at radius 3 is 2.29 bits per heavy atom. The highest BCUT2D eigenvalue weighted by Gasteiger charge is 2.25. The summed E-state index contributed by atoms with van der Waals surface area (Å²) in [7, 11) is 0. The second-order valence-corrected chi connectivity index (χ2v) is 8.17. The zero-order valence-corrected chi connectivity index (χ0v) is 17.0. The Bertz CT molecular complexity index is 916. The standard InChI is InChI=1S/C23H25N3OS/c1-18-21(28-22(24-18)20-10-6-3-7-11-20)23(27)26-16-14-25(15-17-26)13-12-19-8-4-2-5-9-19/h2-11H,12-17H2,1H3. The van der Waals surface area contributed by atoms with Crippen LogP contribution in [0.3, 0.4) is 0 Å². The Morgan fingerprint density at radius 2 is 1.61 bits per heavy atom. The fourth-order valence-electron chi connectivity index (χ4n) is 3.55. The normalized spacial score (nSPS) is 15.0. The van der Waals surface area contributed by atoms with E-state index in [0.717, 1.165) is 60.3 Å². The molecule has 28 heavy (non-hydrogen) atoms. The van der Waals surface area contributed by atoms with Gasteiger partial charge in [0.2, 0.25) is 0 Å². The number of hydrogen-bond acceptors (Lipinski definition) is 4. The van der Waals surface area contributed by atoms with E-state index in [0.29, 0.717) is 0 Å².